The van der Waals surface area contributed by atoms with Crippen LogP contribution in [0.1, 0.15) is 17.0 Å². The van der Waals surface area contributed by atoms with Crippen LogP contribution in [0, 0.1) is 6.92 Å². The van der Waals surface area contributed by atoms with Crippen LogP contribution in [0.4, 0.5) is 0 Å². The molecule has 0 atom stereocenters. The van der Waals surface area contributed by atoms with E-state index in [9.17, 15) is 8.42 Å². The number of H-pyrrole nitrogens is 1. The Morgan fingerprint density at radius 2 is 2.25 bits per heavy atom. The maximum Gasteiger partial charge on any atom is 0.244 e. The van der Waals surface area contributed by atoms with Crippen LogP contribution in [0.15, 0.2) is 21.7 Å². The number of nitrogens with one attached hydrogen (secondary N) is 3. The van der Waals surface area contributed by atoms with Crippen LogP contribution >= 0.6 is 11.3 Å². The summed E-state index contributed by atoms with van der Waals surface area (Å²) in [5, 5.41) is 13.7. The lowest BCUT2D eigenvalue weighted by Gasteiger charge is -2.07. The smallest absolute Gasteiger partial charge is 0.244 e. The highest BCUT2D eigenvalue weighted by atomic mass is 32.2. The van der Waals surface area contributed by atoms with E-state index >= 15 is 0 Å². The molecule has 2 aromatic heterocycles. The average Bonchev–Trinajstić information content (AvgIpc) is 3.00. The third kappa shape index (κ3) is 3.45. The van der Waals surface area contributed by atoms with E-state index < -0.39 is 10.0 Å². The van der Waals surface area contributed by atoms with E-state index in [1.54, 1.807) is 25.3 Å². The summed E-state index contributed by atoms with van der Waals surface area (Å²) in [5.41, 5.74) is 2.20. The number of aromatic nitrogens is 2. The molecule has 0 amide bonds. The number of sulfonamides is 1. The fourth-order valence-electron chi connectivity index (χ4n) is 1.95. The van der Waals surface area contributed by atoms with Crippen LogP contribution in [-0.2, 0) is 23.0 Å². The van der Waals surface area contributed by atoms with Crippen molar-refractivity contribution in [2.45, 2.75) is 24.8 Å². The first kappa shape index (κ1) is 15.2. The fraction of sp³-hybridized carbons (Fsp3) is 0.417. The Hall–Kier alpha value is -1.22. The zero-order chi connectivity index (χ0) is 14.6. The predicted octanol–water partition coefficient (Wildman–Crippen LogP) is 1.02. The summed E-state index contributed by atoms with van der Waals surface area (Å²) in [7, 11) is -1.78. The molecule has 8 heteroatoms. The monoisotopic (exact) mass is 314 g/mol. The Bertz CT molecular complexity index is 647. The van der Waals surface area contributed by atoms with Crippen molar-refractivity contribution in [1.82, 2.24) is 20.2 Å². The fourth-order valence-corrected chi connectivity index (χ4v) is 4.05. The molecule has 0 saturated heterocycles. The van der Waals surface area contributed by atoms with Gasteiger partial charge in [0, 0.05) is 13.1 Å². The Kier molecular flexibility index (Phi) is 4.92. The SMILES string of the molecule is CNCc1n[nH]c(C)c1S(=O)(=O)NCCc1ccsc1. The zero-order valence-electron chi connectivity index (χ0n) is 11.4. The third-order valence-electron chi connectivity index (χ3n) is 2.86. The van der Waals surface area contributed by atoms with Gasteiger partial charge in [0.15, 0.2) is 0 Å². The molecule has 0 aliphatic carbocycles. The molecule has 2 aromatic rings. The molecule has 0 unspecified atom stereocenters. The molecule has 110 valence electrons. The minimum atomic E-state index is -3.53. The zero-order valence-corrected chi connectivity index (χ0v) is 13.1. The lowest BCUT2D eigenvalue weighted by atomic mass is 10.2. The van der Waals surface area contributed by atoms with Gasteiger partial charge < -0.3 is 5.32 Å². The largest absolute Gasteiger partial charge is 0.314 e. The Morgan fingerprint density at radius 3 is 2.90 bits per heavy atom. The summed E-state index contributed by atoms with van der Waals surface area (Å²) in [6.45, 7) is 2.49. The highest BCUT2D eigenvalue weighted by molar-refractivity contribution is 7.89. The number of rotatable bonds is 7. The molecular formula is C12H18N4O2S2. The molecular weight excluding hydrogens is 296 g/mol. The highest BCUT2D eigenvalue weighted by Gasteiger charge is 2.23. The number of thiophene rings is 1. The topological polar surface area (TPSA) is 86.9 Å². The third-order valence-corrected chi connectivity index (χ3v) is 5.26. The molecule has 2 rings (SSSR count). The molecule has 0 aliphatic heterocycles. The average molecular weight is 314 g/mol. The van der Waals surface area contributed by atoms with Crippen LogP contribution < -0.4 is 10.0 Å². The van der Waals surface area contributed by atoms with Crippen molar-refractivity contribution in [3.63, 3.8) is 0 Å². The van der Waals surface area contributed by atoms with Gasteiger partial charge in [-0.15, -0.1) is 0 Å². The number of aryl methyl sites for hydroxylation is 1. The summed E-state index contributed by atoms with van der Waals surface area (Å²) in [6, 6.07) is 1.99. The van der Waals surface area contributed by atoms with Gasteiger partial charge in [-0.2, -0.15) is 16.4 Å². The predicted molar refractivity (Wildman–Crippen MR) is 79.3 cm³/mol. The second kappa shape index (κ2) is 6.49. The molecule has 0 saturated carbocycles. The van der Waals surface area contributed by atoms with Gasteiger partial charge in [0.1, 0.15) is 4.90 Å². The first-order valence-electron chi connectivity index (χ1n) is 6.24. The Labute approximate surface area is 122 Å². The highest BCUT2D eigenvalue weighted by Crippen LogP contribution is 2.17. The number of nitrogens with zero attached hydrogens (tertiary/aromatic N) is 1. The molecule has 2 heterocycles. The Balaban J connectivity index is 2.08. The minimum absolute atomic E-state index is 0.247. The van der Waals surface area contributed by atoms with Gasteiger partial charge in [-0.05, 0) is 42.8 Å². The van der Waals surface area contributed by atoms with Gasteiger partial charge in [0.2, 0.25) is 10.0 Å². The van der Waals surface area contributed by atoms with Crippen LogP contribution in [-0.4, -0.2) is 32.2 Å². The minimum Gasteiger partial charge on any atom is -0.314 e. The molecule has 0 aromatic carbocycles. The molecule has 0 radical (unpaired) electrons. The quantitative estimate of drug-likeness (QED) is 0.712. The standard InChI is InChI=1S/C12H18N4O2S2/c1-9-12(11(7-13-2)16-15-9)20(17,18)14-5-3-10-4-6-19-8-10/h4,6,8,13-14H,3,5,7H2,1-2H3,(H,15,16). The van der Waals surface area contributed by atoms with Gasteiger partial charge in [-0.25, -0.2) is 13.1 Å². The maximum atomic E-state index is 12.3. The lowest BCUT2D eigenvalue weighted by molar-refractivity contribution is 0.579. The summed E-state index contributed by atoms with van der Waals surface area (Å²) in [5.74, 6) is 0. The van der Waals surface area contributed by atoms with E-state index in [1.165, 1.54) is 0 Å². The second-order valence-corrected chi connectivity index (χ2v) is 6.92. The van der Waals surface area contributed by atoms with Crippen LogP contribution in [0.25, 0.3) is 0 Å². The van der Waals surface area contributed by atoms with Gasteiger partial charge in [-0.1, -0.05) is 0 Å². The van der Waals surface area contributed by atoms with Crippen LogP contribution in [0.5, 0.6) is 0 Å². The molecule has 3 N–H and O–H groups in total. The van der Waals surface area contributed by atoms with Crippen molar-refractivity contribution in [3.05, 3.63) is 33.8 Å². The first-order chi connectivity index (χ1) is 9.54. The molecule has 0 bridgehead atoms. The molecule has 6 nitrogen and oxygen atoms in total. The van der Waals surface area contributed by atoms with Gasteiger partial charge in [-0.3, -0.25) is 5.10 Å². The van der Waals surface area contributed by atoms with Crippen molar-refractivity contribution in [1.29, 1.82) is 0 Å². The van der Waals surface area contributed by atoms with Gasteiger partial charge >= 0.3 is 0 Å². The summed E-state index contributed by atoms with van der Waals surface area (Å²) in [6.07, 6.45) is 0.682. The number of hydrogen-bond acceptors (Lipinski definition) is 5. The summed E-state index contributed by atoms with van der Waals surface area (Å²) in [4.78, 5) is 0.247. The van der Waals surface area contributed by atoms with Gasteiger partial charge in [0.25, 0.3) is 0 Å². The van der Waals surface area contributed by atoms with Crippen molar-refractivity contribution < 1.29 is 8.42 Å². The van der Waals surface area contributed by atoms with Gasteiger partial charge in [0.05, 0.1) is 11.4 Å². The van der Waals surface area contributed by atoms with Crippen molar-refractivity contribution in [3.8, 4) is 0 Å². The number of aromatic amines is 1. The van der Waals surface area contributed by atoms with Crippen molar-refractivity contribution in [2.24, 2.45) is 0 Å². The van der Waals surface area contributed by atoms with E-state index in [-0.39, 0.29) is 4.90 Å². The number of hydrogen-bond donors (Lipinski definition) is 3. The van der Waals surface area contributed by atoms with Crippen LogP contribution in [0.2, 0.25) is 0 Å². The molecule has 0 fully saturated rings. The first-order valence-corrected chi connectivity index (χ1v) is 8.66. The Morgan fingerprint density at radius 1 is 1.45 bits per heavy atom. The second-order valence-electron chi connectivity index (χ2n) is 4.43. The van der Waals surface area contributed by atoms with E-state index in [0.29, 0.717) is 30.9 Å². The maximum absolute atomic E-state index is 12.3. The summed E-state index contributed by atoms with van der Waals surface area (Å²) < 4.78 is 27.3. The van der Waals surface area contributed by atoms with E-state index in [0.717, 1.165) is 5.56 Å². The van der Waals surface area contributed by atoms with Crippen molar-refractivity contribution >= 4 is 21.4 Å². The summed E-state index contributed by atoms with van der Waals surface area (Å²) >= 11 is 1.61. The van der Waals surface area contributed by atoms with E-state index in [1.807, 2.05) is 16.8 Å². The van der Waals surface area contributed by atoms with E-state index in [4.69, 9.17) is 0 Å². The normalized spacial score (nSPS) is 11.9. The molecule has 20 heavy (non-hydrogen) atoms. The lowest BCUT2D eigenvalue weighted by Crippen LogP contribution is -2.27. The molecule has 0 aliphatic rings. The molecule has 0 spiro atoms. The van der Waals surface area contributed by atoms with E-state index in [2.05, 4.69) is 20.2 Å². The van der Waals surface area contributed by atoms with Crippen molar-refractivity contribution in [2.75, 3.05) is 13.6 Å². The van der Waals surface area contributed by atoms with Crippen LogP contribution in [0.3, 0.4) is 0 Å².